The monoisotopic (exact) mass is 438 g/mol. The van der Waals surface area contributed by atoms with Gasteiger partial charge in [-0.1, -0.05) is 72.3 Å². The molecular weight excluding hydrogens is 388 g/mol. The largest absolute Gasteiger partial charge is 0.393 e. The summed E-state index contributed by atoms with van der Waals surface area (Å²) in [6.07, 6.45) is 17.4. The van der Waals surface area contributed by atoms with Crippen LogP contribution in [0.15, 0.2) is 34.9 Å². The first kappa shape index (κ1) is 24.3. The van der Waals surface area contributed by atoms with Crippen LogP contribution >= 0.6 is 0 Å². The lowest BCUT2D eigenvalue weighted by Gasteiger charge is -2.58. The van der Waals surface area contributed by atoms with Crippen LogP contribution in [0.3, 0.4) is 0 Å². The molecule has 0 amide bonds. The SMILES string of the molecule is C/C=C(\CC[C@@H](C)[C@H]1CC[C@@]2(C)C3=CC[C@H]4[C@H](C)[C@@H](O)CC[C@]4(C)C3=CC[C@]12C)C(C)C. The van der Waals surface area contributed by atoms with Gasteiger partial charge in [0, 0.05) is 0 Å². The number of hydrogen-bond donors (Lipinski definition) is 1. The summed E-state index contributed by atoms with van der Waals surface area (Å²) in [6, 6.07) is 0. The van der Waals surface area contributed by atoms with Crippen molar-refractivity contribution in [3.8, 4) is 0 Å². The first-order valence-electron chi connectivity index (χ1n) is 13.7. The minimum atomic E-state index is -0.113. The van der Waals surface area contributed by atoms with E-state index in [2.05, 4.69) is 73.6 Å². The average molecular weight is 439 g/mol. The Hall–Kier alpha value is -0.820. The second-order valence-electron chi connectivity index (χ2n) is 13.1. The average Bonchev–Trinajstić information content (AvgIpc) is 3.02. The molecular formula is C31H50O. The molecule has 0 aromatic rings. The van der Waals surface area contributed by atoms with Gasteiger partial charge in [-0.05, 0) is 115 Å². The fourth-order valence-corrected chi connectivity index (χ4v) is 8.95. The molecule has 0 unspecified atom stereocenters. The Morgan fingerprint density at radius 2 is 1.81 bits per heavy atom. The second kappa shape index (κ2) is 8.44. The zero-order valence-corrected chi connectivity index (χ0v) is 22.3. The topological polar surface area (TPSA) is 20.2 Å². The lowest BCUT2D eigenvalue weighted by atomic mass is 9.46. The fraction of sp³-hybridized carbons (Fsp3) is 0.806. The highest BCUT2D eigenvalue weighted by Gasteiger charge is 2.61. The first-order valence-corrected chi connectivity index (χ1v) is 13.7. The van der Waals surface area contributed by atoms with E-state index in [1.54, 1.807) is 16.7 Å². The van der Waals surface area contributed by atoms with Gasteiger partial charge in [0.2, 0.25) is 0 Å². The Labute approximate surface area is 198 Å². The molecule has 4 rings (SSSR count). The Kier molecular flexibility index (Phi) is 6.41. The van der Waals surface area contributed by atoms with Gasteiger partial charge in [0.05, 0.1) is 6.10 Å². The van der Waals surface area contributed by atoms with Crippen LogP contribution in [-0.2, 0) is 0 Å². The van der Waals surface area contributed by atoms with Gasteiger partial charge in [0.25, 0.3) is 0 Å². The molecule has 0 aliphatic heterocycles. The van der Waals surface area contributed by atoms with E-state index in [4.69, 9.17) is 0 Å². The molecule has 0 heterocycles. The molecule has 0 aromatic carbocycles. The number of fused-ring (bicyclic) bond motifs is 5. The molecule has 0 bridgehead atoms. The quantitative estimate of drug-likeness (QED) is 0.426. The summed E-state index contributed by atoms with van der Waals surface area (Å²) in [5.41, 5.74) is 5.96. The van der Waals surface area contributed by atoms with E-state index in [1.807, 2.05) is 0 Å². The molecule has 180 valence electrons. The molecule has 2 saturated carbocycles. The number of hydrogen-bond acceptors (Lipinski definition) is 1. The molecule has 32 heavy (non-hydrogen) atoms. The third kappa shape index (κ3) is 3.43. The number of aliphatic hydroxyl groups is 1. The maximum absolute atomic E-state index is 10.6. The van der Waals surface area contributed by atoms with Gasteiger partial charge < -0.3 is 5.11 Å². The van der Waals surface area contributed by atoms with Crippen LogP contribution < -0.4 is 0 Å². The molecule has 1 heteroatoms. The van der Waals surface area contributed by atoms with E-state index in [0.717, 1.165) is 31.1 Å². The summed E-state index contributed by atoms with van der Waals surface area (Å²) in [7, 11) is 0. The zero-order chi connectivity index (χ0) is 23.5. The van der Waals surface area contributed by atoms with Gasteiger partial charge >= 0.3 is 0 Å². The van der Waals surface area contributed by atoms with Crippen LogP contribution in [0.2, 0.25) is 0 Å². The van der Waals surface area contributed by atoms with Crippen LogP contribution in [0.25, 0.3) is 0 Å². The molecule has 1 N–H and O–H groups in total. The minimum absolute atomic E-state index is 0.113. The first-order chi connectivity index (χ1) is 15.0. The van der Waals surface area contributed by atoms with Crippen LogP contribution in [0.4, 0.5) is 0 Å². The summed E-state index contributed by atoms with van der Waals surface area (Å²) >= 11 is 0. The summed E-state index contributed by atoms with van der Waals surface area (Å²) in [5, 5.41) is 10.6. The Morgan fingerprint density at radius 1 is 1.09 bits per heavy atom. The smallest absolute Gasteiger partial charge is 0.0569 e. The van der Waals surface area contributed by atoms with Crippen LogP contribution in [-0.4, -0.2) is 11.2 Å². The zero-order valence-electron chi connectivity index (χ0n) is 22.3. The highest BCUT2D eigenvalue weighted by molar-refractivity contribution is 5.49. The summed E-state index contributed by atoms with van der Waals surface area (Å²) in [4.78, 5) is 0. The van der Waals surface area contributed by atoms with Crippen molar-refractivity contribution in [2.45, 2.75) is 113 Å². The maximum Gasteiger partial charge on any atom is 0.0569 e. The lowest BCUT2D eigenvalue weighted by Crippen LogP contribution is -2.50. The molecule has 1 nitrogen and oxygen atoms in total. The van der Waals surface area contributed by atoms with Crippen LogP contribution in [0.1, 0.15) is 107 Å². The lowest BCUT2D eigenvalue weighted by molar-refractivity contribution is -0.0246. The van der Waals surface area contributed by atoms with E-state index in [-0.39, 0.29) is 11.5 Å². The third-order valence-corrected chi connectivity index (χ3v) is 11.5. The standard InChI is InChI=1S/C31H50O/c1-9-23(20(2)3)11-10-21(4)24-14-18-31(8)27-13-12-25-22(5)28(32)16-17-29(25,6)26(27)15-19-30(24,31)7/h9,13,15,20-22,24-25,28,32H,10-12,14,16-19H2,1-8H3/b23-9+/t21-,22+,24-,25+,28+,29+,30-,31+/m1/s1. The van der Waals surface area contributed by atoms with Crippen molar-refractivity contribution in [2.24, 2.45) is 45.8 Å². The van der Waals surface area contributed by atoms with Crippen molar-refractivity contribution < 1.29 is 5.11 Å². The molecule has 4 aliphatic carbocycles. The molecule has 0 spiro atoms. The molecule has 8 atom stereocenters. The van der Waals surface area contributed by atoms with Crippen molar-refractivity contribution in [3.05, 3.63) is 34.9 Å². The minimum Gasteiger partial charge on any atom is -0.393 e. The van der Waals surface area contributed by atoms with Crippen molar-refractivity contribution in [2.75, 3.05) is 0 Å². The van der Waals surface area contributed by atoms with Gasteiger partial charge in [-0.15, -0.1) is 0 Å². The number of aliphatic hydroxyl groups excluding tert-OH is 1. The van der Waals surface area contributed by atoms with Gasteiger partial charge in [0.15, 0.2) is 0 Å². The summed E-state index contributed by atoms with van der Waals surface area (Å²) in [5.74, 6) is 3.28. The Balaban J connectivity index is 1.60. The molecule has 0 saturated heterocycles. The fourth-order valence-electron chi connectivity index (χ4n) is 8.95. The molecule has 0 radical (unpaired) electrons. The van der Waals surface area contributed by atoms with Gasteiger partial charge in [-0.25, -0.2) is 0 Å². The maximum atomic E-state index is 10.6. The third-order valence-electron chi connectivity index (χ3n) is 11.5. The molecule has 2 fully saturated rings. The predicted molar refractivity (Wildman–Crippen MR) is 137 cm³/mol. The van der Waals surface area contributed by atoms with Gasteiger partial charge in [-0.3, -0.25) is 0 Å². The van der Waals surface area contributed by atoms with E-state index in [9.17, 15) is 5.11 Å². The van der Waals surface area contributed by atoms with Crippen molar-refractivity contribution >= 4 is 0 Å². The van der Waals surface area contributed by atoms with E-state index >= 15 is 0 Å². The van der Waals surface area contributed by atoms with E-state index < -0.39 is 0 Å². The normalized spacial score (nSPS) is 45.0. The van der Waals surface area contributed by atoms with Crippen LogP contribution in [0.5, 0.6) is 0 Å². The van der Waals surface area contributed by atoms with E-state index in [1.165, 1.54) is 32.1 Å². The van der Waals surface area contributed by atoms with Crippen molar-refractivity contribution in [1.82, 2.24) is 0 Å². The Morgan fingerprint density at radius 3 is 2.47 bits per heavy atom. The van der Waals surface area contributed by atoms with Gasteiger partial charge in [0.1, 0.15) is 0 Å². The van der Waals surface area contributed by atoms with Crippen LogP contribution in [0, 0.1) is 45.8 Å². The van der Waals surface area contributed by atoms with Gasteiger partial charge in [-0.2, -0.15) is 0 Å². The predicted octanol–water partition coefficient (Wildman–Crippen LogP) is 8.50. The molecule has 4 aliphatic rings. The number of rotatable bonds is 5. The van der Waals surface area contributed by atoms with E-state index in [0.29, 0.717) is 28.6 Å². The van der Waals surface area contributed by atoms with Crippen molar-refractivity contribution in [1.29, 1.82) is 0 Å². The van der Waals surface area contributed by atoms with Crippen molar-refractivity contribution in [3.63, 3.8) is 0 Å². The second-order valence-corrected chi connectivity index (χ2v) is 13.1. The number of allylic oxidation sites excluding steroid dienone is 6. The molecule has 0 aromatic heterocycles. The highest BCUT2D eigenvalue weighted by Crippen LogP contribution is 2.70. The Bertz CT molecular complexity index is 814. The summed E-state index contributed by atoms with van der Waals surface area (Å²) in [6.45, 7) is 19.5. The summed E-state index contributed by atoms with van der Waals surface area (Å²) < 4.78 is 0. The highest BCUT2D eigenvalue weighted by atomic mass is 16.3.